The van der Waals surface area contributed by atoms with Crippen molar-refractivity contribution in [1.29, 1.82) is 0 Å². The summed E-state index contributed by atoms with van der Waals surface area (Å²) in [6, 6.07) is 11.5. The third-order valence-corrected chi connectivity index (χ3v) is 3.82. The van der Waals surface area contributed by atoms with E-state index in [1.165, 1.54) is 0 Å². The van der Waals surface area contributed by atoms with Crippen molar-refractivity contribution in [3.63, 3.8) is 0 Å². The molecule has 2 rings (SSSR count). The molecule has 2 aromatic carbocycles. The molecule has 2 aromatic rings. The highest BCUT2D eigenvalue weighted by atomic mass is 79.9. The number of hydrogen-bond acceptors (Lipinski definition) is 3. The molecule has 0 bridgehead atoms. The summed E-state index contributed by atoms with van der Waals surface area (Å²) in [5, 5.41) is 13.3. The van der Waals surface area contributed by atoms with Gasteiger partial charge in [0.05, 0.1) is 11.1 Å². The second-order valence-corrected chi connectivity index (χ2v) is 5.98. The Kier molecular flexibility index (Phi) is 5.31. The zero-order valence-corrected chi connectivity index (χ0v) is 14.2. The lowest BCUT2D eigenvalue weighted by Crippen LogP contribution is -2.00. The van der Waals surface area contributed by atoms with Crippen LogP contribution in [-0.2, 0) is 6.54 Å². The summed E-state index contributed by atoms with van der Waals surface area (Å²) in [5.41, 5.74) is 1.80. The zero-order chi connectivity index (χ0) is 14.5. The van der Waals surface area contributed by atoms with Gasteiger partial charge in [0.2, 0.25) is 0 Å². The van der Waals surface area contributed by atoms with Crippen LogP contribution in [0.3, 0.4) is 0 Å². The molecule has 0 heterocycles. The van der Waals surface area contributed by atoms with Crippen molar-refractivity contribution in [2.24, 2.45) is 0 Å². The van der Waals surface area contributed by atoms with Crippen molar-refractivity contribution in [2.75, 3.05) is 11.9 Å². The van der Waals surface area contributed by atoms with Crippen LogP contribution in [0, 0.1) is 0 Å². The number of phenols is 1. The molecule has 0 unspecified atom stereocenters. The lowest BCUT2D eigenvalue weighted by atomic mass is 10.2. The quantitative estimate of drug-likeness (QED) is 0.747. The van der Waals surface area contributed by atoms with Crippen LogP contribution in [0.5, 0.6) is 11.5 Å². The van der Waals surface area contributed by atoms with Gasteiger partial charge >= 0.3 is 0 Å². The Bertz CT molecular complexity index is 585. The van der Waals surface area contributed by atoms with Crippen molar-refractivity contribution in [2.45, 2.75) is 13.5 Å². The molecule has 0 radical (unpaired) electrons. The fraction of sp³-hybridized carbons (Fsp3) is 0.200. The first-order valence-corrected chi connectivity index (χ1v) is 7.82. The lowest BCUT2D eigenvalue weighted by molar-refractivity contribution is 0.340. The second kappa shape index (κ2) is 6.99. The first kappa shape index (κ1) is 15.2. The zero-order valence-electron chi connectivity index (χ0n) is 11.0. The SMILES string of the molecule is CCOc1ccc(NCc2cc(Br)cc(Br)c2O)cc1. The first-order chi connectivity index (χ1) is 9.60. The van der Waals surface area contributed by atoms with E-state index < -0.39 is 0 Å². The summed E-state index contributed by atoms with van der Waals surface area (Å²) in [7, 11) is 0. The summed E-state index contributed by atoms with van der Waals surface area (Å²) in [6.45, 7) is 3.16. The van der Waals surface area contributed by atoms with Gasteiger partial charge in [-0.2, -0.15) is 0 Å². The van der Waals surface area contributed by atoms with Crippen LogP contribution in [0.4, 0.5) is 5.69 Å². The molecule has 0 spiro atoms. The molecule has 0 fully saturated rings. The molecule has 2 N–H and O–H groups in total. The van der Waals surface area contributed by atoms with Crippen molar-refractivity contribution >= 4 is 37.5 Å². The molecule has 0 atom stereocenters. The van der Waals surface area contributed by atoms with E-state index in [9.17, 15) is 5.11 Å². The van der Waals surface area contributed by atoms with E-state index in [1.807, 2.05) is 43.3 Å². The van der Waals surface area contributed by atoms with Gasteiger partial charge in [0.1, 0.15) is 11.5 Å². The predicted octanol–water partition coefficient (Wildman–Crippen LogP) is 4.93. The van der Waals surface area contributed by atoms with Gasteiger partial charge < -0.3 is 15.2 Å². The van der Waals surface area contributed by atoms with Crippen LogP contribution in [0.15, 0.2) is 45.3 Å². The maximum Gasteiger partial charge on any atom is 0.134 e. The molecule has 0 aliphatic heterocycles. The topological polar surface area (TPSA) is 41.5 Å². The highest BCUT2D eigenvalue weighted by Crippen LogP contribution is 2.32. The van der Waals surface area contributed by atoms with Crippen LogP contribution in [0.1, 0.15) is 12.5 Å². The summed E-state index contributed by atoms with van der Waals surface area (Å²) >= 11 is 6.74. The third-order valence-electron chi connectivity index (χ3n) is 2.76. The van der Waals surface area contributed by atoms with Crippen LogP contribution in [-0.4, -0.2) is 11.7 Å². The molecule has 20 heavy (non-hydrogen) atoms. The summed E-state index contributed by atoms with van der Waals surface area (Å²) in [6.07, 6.45) is 0. The molecule has 106 valence electrons. The summed E-state index contributed by atoms with van der Waals surface area (Å²) in [4.78, 5) is 0. The van der Waals surface area contributed by atoms with Crippen LogP contribution >= 0.6 is 31.9 Å². The maximum atomic E-state index is 9.99. The highest BCUT2D eigenvalue weighted by molar-refractivity contribution is 9.11. The Morgan fingerprint density at radius 1 is 1.15 bits per heavy atom. The number of aromatic hydroxyl groups is 1. The molecular formula is C15H15Br2NO2. The number of anilines is 1. The fourth-order valence-electron chi connectivity index (χ4n) is 1.79. The molecule has 0 aliphatic rings. The van der Waals surface area contributed by atoms with Crippen LogP contribution < -0.4 is 10.1 Å². The number of hydrogen-bond donors (Lipinski definition) is 2. The number of ether oxygens (including phenoxy) is 1. The monoisotopic (exact) mass is 399 g/mol. The Labute approximate surface area is 135 Å². The van der Waals surface area contributed by atoms with Crippen LogP contribution in [0.2, 0.25) is 0 Å². The van der Waals surface area contributed by atoms with Gasteiger partial charge in [0, 0.05) is 22.3 Å². The number of phenolic OH excluding ortho intramolecular Hbond substituents is 1. The molecule has 0 saturated heterocycles. The first-order valence-electron chi connectivity index (χ1n) is 6.23. The van der Waals surface area contributed by atoms with Gasteiger partial charge in [0.15, 0.2) is 0 Å². The Morgan fingerprint density at radius 2 is 1.85 bits per heavy atom. The molecule has 3 nitrogen and oxygen atoms in total. The second-order valence-electron chi connectivity index (χ2n) is 4.21. The average molecular weight is 401 g/mol. The minimum Gasteiger partial charge on any atom is -0.506 e. The summed E-state index contributed by atoms with van der Waals surface area (Å²) < 4.78 is 6.99. The Morgan fingerprint density at radius 3 is 2.50 bits per heavy atom. The standard InChI is InChI=1S/C15H15Br2NO2/c1-2-20-13-5-3-12(4-6-13)18-9-10-7-11(16)8-14(17)15(10)19/h3-8,18-19H,2,9H2,1H3. The number of halogens is 2. The molecule has 5 heteroatoms. The molecule has 0 aromatic heterocycles. The van der Waals surface area contributed by atoms with Gasteiger partial charge in [-0.25, -0.2) is 0 Å². The minimum atomic E-state index is 0.256. The van der Waals surface area contributed by atoms with E-state index in [0.717, 1.165) is 21.5 Å². The van der Waals surface area contributed by atoms with E-state index >= 15 is 0 Å². The molecular weight excluding hydrogens is 386 g/mol. The van der Waals surface area contributed by atoms with E-state index in [-0.39, 0.29) is 5.75 Å². The Balaban J connectivity index is 2.05. The third kappa shape index (κ3) is 3.90. The number of nitrogens with one attached hydrogen (secondary N) is 1. The van der Waals surface area contributed by atoms with Crippen molar-refractivity contribution in [3.05, 3.63) is 50.9 Å². The molecule has 0 saturated carbocycles. The van der Waals surface area contributed by atoms with E-state index in [4.69, 9.17) is 4.74 Å². The normalized spacial score (nSPS) is 10.3. The van der Waals surface area contributed by atoms with E-state index in [0.29, 0.717) is 17.6 Å². The lowest BCUT2D eigenvalue weighted by Gasteiger charge is -2.11. The summed E-state index contributed by atoms with van der Waals surface area (Å²) in [5.74, 6) is 1.11. The number of rotatable bonds is 5. The largest absolute Gasteiger partial charge is 0.506 e. The van der Waals surface area contributed by atoms with E-state index in [1.54, 1.807) is 0 Å². The Hall–Kier alpha value is -1.20. The van der Waals surface area contributed by atoms with Gasteiger partial charge in [-0.1, -0.05) is 15.9 Å². The highest BCUT2D eigenvalue weighted by Gasteiger charge is 2.07. The number of benzene rings is 2. The van der Waals surface area contributed by atoms with Crippen molar-refractivity contribution in [1.82, 2.24) is 0 Å². The smallest absolute Gasteiger partial charge is 0.134 e. The maximum absolute atomic E-state index is 9.99. The van der Waals surface area contributed by atoms with Gasteiger partial charge in [0.25, 0.3) is 0 Å². The van der Waals surface area contributed by atoms with Crippen LogP contribution in [0.25, 0.3) is 0 Å². The van der Waals surface area contributed by atoms with Crippen molar-refractivity contribution < 1.29 is 9.84 Å². The predicted molar refractivity (Wildman–Crippen MR) is 88.4 cm³/mol. The van der Waals surface area contributed by atoms with Gasteiger partial charge in [-0.05, 0) is 59.3 Å². The average Bonchev–Trinajstić information content (AvgIpc) is 2.43. The van der Waals surface area contributed by atoms with E-state index in [2.05, 4.69) is 37.2 Å². The van der Waals surface area contributed by atoms with Gasteiger partial charge in [-0.3, -0.25) is 0 Å². The molecule has 0 amide bonds. The van der Waals surface area contributed by atoms with Crippen molar-refractivity contribution in [3.8, 4) is 11.5 Å². The minimum absolute atomic E-state index is 0.256. The fourth-order valence-corrected chi connectivity index (χ4v) is 3.10. The molecule has 0 aliphatic carbocycles. The van der Waals surface area contributed by atoms with Gasteiger partial charge in [-0.15, -0.1) is 0 Å².